The number of carbonyl (C=O) groups excluding carboxylic acids is 1. The Morgan fingerprint density at radius 1 is 1.00 bits per heavy atom. The Kier molecular flexibility index (Phi) is 6.59. The van der Waals surface area contributed by atoms with Crippen molar-refractivity contribution in [2.75, 3.05) is 0 Å². The first-order valence-electron chi connectivity index (χ1n) is 13.2. The fourth-order valence-electron chi connectivity index (χ4n) is 8.50. The summed E-state index contributed by atoms with van der Waals surface area (Å²) in [6.07, 6.45) is 16.7. The fraction of sp³-hybridized carbons (Fsp3) is 0.828. The zero-order chi connectivity index (χ0) is 22.6. The van der Waals surface area contributed by atoms with Crippen LogP contribution in [0.1, 0.15) is 92.9 Å². The molecular weight excluding hydrogens is 400 g/mol. The number of carbonyl (C=O) groups is 1. The molecule has 0 aromatic carbocycles. The summed E-state index contributed by atoms with van der Waals surface area (Å²) in [4.78, 5) is 13.3. The lowest BCUT2D eigenvalue weighted by molar-refractivity contribution is -0.128. The van der Waals surface area contributed by atoms with Crippen LogP contribution < -0.4 is 0 Å². The minimum Gasteiger partial charge on any atom is -0.295 e. The third kappa shape index (κ3) is 3.89. The van der Waals surface area contributed by atoms with E-state index in [0.29, 0.717) is 40.8 Å². The van der Waals surface area contributed by atoms with Gasteiger partial charge in [0.15, 0.2) is 5.78 Å². The number of hydrogen-bond acceptors (Lipinski definition) is 1. The van der Waals surface area contributed by atoms with E-state index in [1.165, 1.54) is 37.7 Å². The van der Waals surface area contributed by atoms with Gasteiger partial charge < -0.3 is 0 Å². The van der Waals surface area contributed by atoms with E-state index in [4.69, 9.17) is 11.6 Å². The second kappa shape index (κ2) is 8.66. The summed E-state index contributed by atoms with van der Waals surface area (Å²) in [7, 11) is 0. The third-order valence-corrected chi connectivity index (χ3v) is 10.9. The van der Waals surface area contributed by atoms with Gasteiger partial charge in [0.1, 0.15) is 0 Å². The Bertz CT molecular complexity index is 750. The van der Waals surface area contributed by atoms with Crippen molar-refractivity contribution in [3.63, 3.8) is 0 Å². The first-order valence-corrected chi connectivity index (χ1v) is 13.6. The van der Waals surface area contributed by atoms with Crippen molar-refractivity contribution in [3.8, 4) is 0 Å². The summed E-state index contributed by atoms with van der Waals surface area (Å²) < 4.78 is 0. The van der Waals surface area contributed by atoms with Gasteiger partial charge in [0.2, 0.25) is 0 Å². The van der Waals surface area contributed by atoms with Crippen LogP contribution in [-0.2, 0) is 4.79 Å². The number of alkyl halides is 1. The molecule has 0 aromatic rings. The molecule has 0 aliphatic heterocycles. The third-order valence-electron chi connectivity index (χ3n) is 10.5. The van der Waals surface area contributed by atoms with Crippen LogP contribution in [0.25, 0.3) is 0 Å². The maximum Gasteiger partial charge on any atom is 0.159 e. The molecule has 0 heterocycles. The second-order valence-electron chi connectivity index (χ2n) is 12.4. The van der Waals surface area contributed by atoms with E-state index < -0.39 is 0 Å². The van der Waals surface area contributed by atoms with Gasteiger partial charge in [-0.05, 0) is 104 Å². The van der Waals surface area contributed by atoms with Crippen molar-refractivity contribution in [1.82, 2.24) is 0 Å². The zero-order valence-corrected chi connectivity index (χ0v) is 21.5. The van der Waals surface area contributed by atoms with Gasteiger partial charge in [0.25, 0.3) is 0 Å². The molecule has 1 nitrogen and oxygen atoms in total. The Hall–Kier alpha value is -0.560. The highest BCUT2D eigenvalue weighted by Gasteiger charge is 2.59. The lowest BCUT2D eigenvalue weighted by Crippen LogP contribution is -2.52. The predicted octanol–water partition coefficient (Wildman–Crippen LogP) is 8.23. The number of fused-ring (bicyclic) bond motifs is 5. The van der Waals surface area contributed by atoms with Gasteiger partial charge in [-0.3, -0.25) is 4.79 Å². The molecule has 3 saturated carbocycles. The number of rotatable bonds is 5. The molecule has 0 spiro atoms. The van der Waals surface area contributed by atoms with Gasteiger partial charge >= 0.3 is 0 Å². The summed E-state index contributed by atoms with van der Waals surface area (Å²) in [5, 5.41) is 0.187. The molecule has 0 bridgehead atoms. The topological polar surface area (TPSA) is 17.1 Å². The monoisotopic (exact) mass is 444 g/mol. The van der Waals surface area contributed by atoms with Gasteiger partial charge in [-0.1, -0.05) is 59.3 Å². The molecule has 4 rings (SSSR count). The summed E-state index contributed by atoms with van der Waals surface area (Å²) in [6.45, 7) is 14.4. The van der Waals surface area contributed by atoms with Crippen LogP contribution in [-0.4, -0.2) is 11.2 Å². The highest BCUT2D eigenvalue weighted by Crippen LogP contribution is 2.66. The number of ketones is 1. The molecule has 0 aromatic heterocycles. The van der Waals surface area contributed by atoms with Crippen LogP contribution in [0.15, 0.2) is 23.8 Å². The summed E-state index contributed by atoms with van der Waals surface area (Å²) in [6, 6.07) is 0. The molecule has 4 aliphatic rings. The van der Waals surface area contributed by atoms with Gasteiger partial charge in [-0.25, -0.2) is 0 Å². The van der Waals surface area contributed by atoms with Crippen LogP contribution in [0.2, 0.25) is 0 Å². The Morgan fingerprint density at radius 3 is 2.35 bits per heavy atom. The van der Waals surface area contributed by atoms with Gasteiger partial charge in [0.05, 0.1) is 0 Å². The predicted molar refractivity (Wildman–Crippen MR) is 132 cm³/mol. The highest BCUT2D eigenvalue weighted by atomic mass is 35.5. The fourth-order valence-corrected chi connectivity index (χ4v) is 8.79. The molecule has 0 saturated heterocycles. The highest BCUT2D eigenvalue weighted by molar-refractivity contribution is 6.20. The molecule has 0 unspecified atom stereocenters. The maximum absolute atomic E-state index is 13.3. The molecule has 4 aliphatic carbocycles. The van der Waals surface area contributed by atoms with E-state index in [9.17, 15) is 4.79 Å². The molecule has 3 fully saturated rings. The Labute approximate surface area is 196 Å². The van der Waals surface area contributed by atoms with E-state index in [0.717, 1.165) is 25.2 Å². The SMILES string of the molecule is CC[C@H](/C=C/[C@@H](C)[C@H]1CC[C@H]2C3=CC(=O)[C@H]4C[C@@H](Cl)CC[C@]4(C)[C@H]3CC[C@]12C)C(C)C. The smallest absolute Gasteiger partial charge is 0.159 e. The van der Waals surface area contributed by atoms with Crippen molar-refractivity contribution in [1.29, 1.82) is 0 Å². The van der Waals surface area contributed by atoms with Crippen LogP contribution in [0.3, 0.4) is 0 Å². The molecule has 0 amide bonds. The maximum atomic E-state index is 13.3. The van der Waals surface area contributed by atoms with E-state index in [1.54, 1.807) is 0 Å². The van der Waals surface area contributed by atoms with Crippen LogP contribution in [0, 0.1) is 52.3 Å². The molecular formula is C29H45ClO. The lowest BCUT2D eigenvalue weighted by Gasteiger charge is -2.57. The molecule has 9 atom stereocenters. The molecule has 2 heteroatoms. The summed E-state index contributed by atoms with van der Waals surface area (Å²) >= 11 is 6.51. The standard InChI is InChI=1S/C29H45ClO/c1-7-20(18(2)3)9-8-19(4)23-10-11-24-22-17-27(31)26-16-21(30)12-14-29(26,6)25(22)13-15-28(23,24)5/h8-9,17-21,23-26H,7,10-16H2,1-6H3/b9-8+/t19-,20-,21+,23-,24+,25+,26-,28-,29-/m1/s1. The van der Waals surface area contributed by atoms with Crippen molar-refractivity contribution in [2.45, 2.75) is 98.3 Å². The van der Waals surface area contributed by atoms with Gasteiger partial charge in [-0.15, -0.1) is 11.6 Å². The molecule has 31 heavy (non-hydrogen) atoms. The van der Waals surface area contributed by atoms with Crippen LogP contribution >= 0.6 is 11.6 Å². The largest absolute Gasteiger partial charge is 0.295 e. The van der Waals surface area contributed by atoms with Gasteiger partial charge in [0, 0.05) is 11.3 Å². The van der Waals surface area contributed by atoms with Crippen molar-refractivity contribution in [2.24, 2.45) is 52.3 Å². The summed E-state index contributed by atoms with van der Waals surface area (Å²) in [5.41, 5.74) is 2.03. The minimum absolute atomic E-state index is 0.142. The average Bonchev–Trinajstić information content (AvgIpc) is 3.07. The molecule has 0 N–H and O–H groups in total. The van der Waals surface area contributed by atoms with E-state index in [1.807, 2.05) is 0 Å². The van der Waals surface area contributed by atoms with Crippen molar-refractivity contribution >= 4 is 17.4 Å². The minimum atomic E-state index is 0.142. The Morgan fingerprint density at radius 2 is 1.68 bits per heavy atom. The van der Waals surface area contributed by atoms with Crippen molar-refractivity contribution < 1.29 is 4.79 Å². The second-order valence-corrected chi connectivity index (χ2v) is 13.0. The average molecular weight is 445 g/mol. The van der Waals surface area contributed by atoms with E-state index >= 15 is 0 Å². The molecule has 174 valence electrons. The quantitative estimate of drug-likeness (QED) is 0.308. The number of hydrogen-bond donors (Lipinski definition) is 0. The zero-order valence-electron chi connectivity index (χ0n) is 20.8. The van der Waals surface area contributed by atoms with E-state index in [-0.39, 0.29) is 16.7 Å². The van der Waals surface area contributed by atoms with E-state index in [2.05, 4.69) is 59.8 Å². The number of halogens is 1. The lowest BCUT2D eigenvalue weighted by atomic mass is 9.47. The van der Waals surface area contributed by atoms with Crippen molar-refractivity contribution in [3.05, 3.63) is 23.8 Å². The Balaban J connectivity index is 1.58. The normalized spacial score (nSPS) is 44.6. The first-order chi connectivity index (χ1) is 14.6. The summed E-state index contributed by atoms with van der Waals surface area (Å²) in [5.74, 6) is 4.52. The first kappa shape index (κ1) is 23.6. The van der Waals surface area contributed by atoms with Gasteiger partial charge in [-0.2, -0.15) is 0 Å². The van der Waals surface area contributed by atoms with Crippen LogP contribution in [0.4, 0.5) is 0 Å². The molecule has 0 radical (unpaired) electrons. The van der Waals surface area contributed by atoms with Crippen LogP contribution in [0.5, 0.6) is 0 Å². The number of allylic oxidation sites excluding steroid dienone is 4.